The number of aryl methyl sites for hydroxylation is 1. The molecule has 1 nitrogen and oxygen atoms in total. The maximum atomic E-state index is 4.03. The van der Waals surface area contributed by atoms with E-state index in [1.807, 2.05) is 0 Å². The highest BCUT2D eigenvalue weighted by atomic mass is 14.6. The van der Waals surface area contributed by atoms with Gasteiger partial charge in [0, 0.05) is 5.56 Å². The molecule has 0 amide bonds. The molecule has 0 heterocycles. The summed E-state index contributed by atoms with van der Waals surface area (Å²) in [7, 11) is 0. The summed E-state index contributed by atoms with van der Waals surface area (Å²) in [5, 5.41) is 0. The van der Waals surface area contributed by atoms with Gasteiger partial charge in [0.05, 0.1) is 0 Å². The zero-order chi connectivity index (χ0) is 7.68. The lowest BCUT2D eigenvalue weighted by molar-refractivity contribution is -0.255. The van der Waals surface area contributed by atoms with Gasteiger partial charge in [-0.3, -0.25) is 0 Å². The van der Waals surface area contributed by atoms with Gasteiger partial charge in [-0.25, -0.2) is 0 Å². The number of hydrogen-bond donors (Lipinski definition) is 1. The van der Waals surface area contributed by atoms with Crippen LogP contribution >= 0.6 is 0 Å². The van der Waals surface area contributed by atoms with Crippen molar-refractivity contribution in [2.75, 3.05) is 0 Å². The van der Waals surface area contributed by atoms with Gasteiger partial charge >= 0.3 is 0 Å². The molecule has 11 heavy (non-hydrogen) atoms. The molecule has 1 aromatic carbocycles. The first-order chi connectivity index (χ1) is 5.38. The van der Waals surface area contributed by atoms with Crippen molar-refractivity contribution in [2.24, 2.45) is 0 Å². The average Bonchev–Trinajstić information content (AvgIpc) is 2.06. The van der Waals surface area contributed by atoms with Crippen molar-refractivity contribution >= 4 is 5.69 Å². The van der Waals surface area contributed by atoms with Crippen molar-refractivity contribution in [3.05, 3.63) is 29.3 Å². The number of benzene rings is 1. The minimum Gasteiger partial charge on any atom is -0.325 e. The van der Waals surface area contributed by atoms with E-state index in [0.29, 0.717) is 0 Å². The molecule has 1 aromatic rings. The summed E-state index contributed by atoms with van der Waals surface area (Å²) in [6, 6.07) is 6.47. The van der Waals surface area contributed by atoms with Crippen LogP contribution in [0.2, 0.25) is 0 Å². The van der Waals surface area contributed by atoms with E-state index in [-0.39, 0.29) is 0 Å². The molecule has 0 bridgehead atoms. The molecule has 0 aromatic heterocycles. The third-order valence-corrected chi connectivity index (χ3v) is 2.49. The highest BCUT2D eigenvalue weighted by Crippen LogP contribution is 2.24. The molecule has 58 valence electrons. The van der Waals surface area contributed by atoms with Crippen LogP contribution in [0.15, 0.2) is 18.2 Å². The van der Waals surface area contributed by atoms with Crippen molar-refractivity contribution in [3.8, 4) is 0 Å². The highest BCUT2D eigenvalue weighted by molar-refractivity contribution is 5.45. The Bertz CT molecular complexity index is 266. The predicted molar refractivity (Wildman–Crippen MR) is 45.6 cm³/mol. The van der Waals surface area contributed by atoms with E-state index in [0.717, 1.165) is 0 Å². The second-order valence-corrected chi connectivity index (χ2v) is 3.26. The Labute approximate surface area is 67.2 Å². The van der Waals surface area contributed by atoms with Crippen molar-refractivity contribution in [1.29, 1.82) is 0 Å². The molecule has 1 heteroatoms. The predicted octanol–water partition coefficient (Wildman–Crippen LogP) is 1.44. The normalized spacial score (nSPS) is 16.1. The average molecular weight is 148 g/mol. The molecule has 0 fully saturated rings. The van der Waals surface area contributed by atoms with Gasteiger partial charge in [-0.2, -0.15) is 0 Å². The van der Waals surface area contributed by atoms with Crippen molar-refractivity contribution in [1.82, 2.24) is 0 Å². The molecule has 3 N–H and O–H groups in total. The Morgan fingerprint density at radius 1 is 1.09 bits per heavy atom. The lowest BCUT2D eigenvalue weighted by atomic mass is 9.91. The van der Waals surface area contributed by atoms with Crippen LogP contribution in [0, 0.1) is 0 Å². The Balaban J connectivity index is 2.49. The summed E-state index contributed by atoms with van der Waals surface area (Å²) >= 11 is 0. The molecule has 0 saturated heterocycles. The molecule has 0 atom stereocenters. The third kappa shape index (κ3) is 1.16. The topological polar surface area (TPSA) is 27.6 Å². The van der Waals surface area contributed by atoms with Crippen LogP contribution in [0.5, 0.6) is 0 Å². The summed E-state index contributed by atoms with van der Waals surface area (Å²) in [5.41, 5.74) is 8.32. The van der Waals surface area contributed by atoms with E-state index in [1.165, 1.54) is 42.5 Å². The number of fused-ring (bicyclic) bond motifs is 1. The third-order valence-electron chi connectivity index (χ3n) is 2.49. The smallest absolute Gasteiger partial charge is 0.131 e. The summed E-state index contributed by atoms with van der Waals surface area (Å²) in [6.45, 7) is 0. The molecule has 0 spiro atoms. The van der Waals surface area contributed by atoms with Crippen molar-refractivity contribution in [3.63, 3.8) is 0 Å². The zero-order valence-corrected chi connectivity index (χ0v) is 6.77. The first-order valence-corrected chi connectivity index (χ1v) is 4.30. The quantitative estimate of drug-likeness (QED) is 0.576. The van der Waals surface area contributed by atoms with Gasteiger partial charge in [0.2, 0.25) is 0 Å². The summed E-state index contributed by atoms with van der Waals surface area (Å²) in [4.78, 5) is 0. The Kier molecular flexibility index (Phi) is 1.66. The van der Waals surface area contributed by atoms with E-state index in [9.17, 15) is 0 Å². The maximum absolute atomic E-state index is 4.03. The van der Waals surface area contributed by atoms with Crippen LogP contribution in [0.4, 0.5) is 5.69 Å². The van der Waals surface area contributed by atoms with Crippen molar-refractivity contribution in [2.45, 2.75) is 25.7 Å². The minimum absolute atomic E-state index is 1.24. The Morgan fingerprint density at radius 3 is 2.73 bits per heavy atom. The Morgan fingerprint density at radius 2 is 1.91 bits per heavy atom. The SMILES string of the molecule is [NH3+]c1cccc2c1CCCC2. The maximum Gasteiger partial charge on any atom is 0.131 e. The summed E-state index contributed by atoms with van der Waals surface area (Å²) in [5.74, 6) is 0. The van der Waals surface area contributed by atoms with E-state index < -0.39 is 0 Å². The fraction of sp³-hybridized carbons (Fsp3) is 0.400. The van der Waals surface area contributed by atoms with Crippen LogP contribution in [0.1, 0.15) is 24.0 Å². The van der Waals surface area contributed by atoms with Gasteiger partial charge in [0.1, 0.15) is 5.69 Å². The van der Waals surface area contributed by atoms with Crippen LogP contribution < -0.4 is 5.73 Å². The first kappa shape index (κ1) is 6.86. The Hall–Kier alpha value is -0.820. The lowest BCUT2D eigenvalue weighted by Crippen LogP contribution is -2.41. The van der Waals surface area contributed by atoms with Gasteiger partial charge < -0.3 is 5.73 Å². The zero-order valence-electron chi connectivity index (χ0n) is 6.77. The summed E-state index contributed by atoms with van der Waals surface area (Å²) < 4.78 is 0. The fourth-order valence-electron chi connectivity index (χ4n) is 1.86. The molecule has 0 unspecified atom stereocenters. The van der Waals surface area contributed by atoms with Crippen LogP contribution in [0.3, 0.4) is 0 Å². The second-order valence-electron chi connectivity index (χ2n) is 3.26. The molecule has 1 aliphatic rings. The molecular weight excluding hydrogens is 134 g/mol. The largest absolute Gasteiger partial charge is 0.325 e. The van der Waals surface area contributed by atoms with Gasteiger partial charge in [0.25, 0.3) is 0 Å². The number of rotatable bonds is 0. The van der Waals surface area contributed by atoms with E-state index in [2.05, 4.69) is 23.9 Å². The van der Waals surface area contributed by atoms with E-state index in [1.54, 1.807) is 0 Å². The fourth-order valence-corrected chi connectivity index (χ4v) is 1.86. The van der Waals surface area contributed by atoms with Crippen LogP contribution in [0.25, 0.3) is 0 Å². The first-order valence-electron chi connectivity index (χ1n) is 4.30. The molecular formula is C10H14N+. The van der Waals surface area contributed by atoms with Gasteiger partial charge in [-0.05, 0) is 37.3 Å². The number of quaternary nitrogens is 1. The van der Waals surface area contributed by atoms with Crippen molar-refractivity contribution < 1.29 is 5.73 Å². The monoisotopic (exact) mass is 148 g/mol. The van der Waals surface area contributed by atoms with E-state index >= 15 is 0 Å². The lowest BCUT2D eigenvalue weighted by Gasteiger charge is -2.14. The summed E-state index contributed by atoms with van der Waals surface area (Å²) in [6.07, 6.45) is 5.21. The molecule has 0 aliphatic heterocycles. The molecule has 1 aliphatic carbocycles. The molecule has 0 saturated carbocycles. The van der Waals surface area contributed by atoms with Gasteiger partial charge in [0.15, 0.2) is 0 Å². The molecule has 2 rings (SSSR count). The second kappa shape index (κ2) is 2.67. The minimum atomic E-state index is 1.24. The van der Waals surface area contributed by atoms with Gasteiger partial charge in [-0.15, -0.1) is 0 Å². The molecule has 0 radical (unpaired) electrons. The van der Waals surface area contributed by atoms with Crippen LogP contribution in [-0.4, -0.2) is 0 Å². The highest BCUT2D eigenvalue weighted by Gasteiger charge is 2.12. The standard InChI is InChI=1S/C10H13N/c11-10-7-3-5-8-4-1-2-6-9(8)10/h3,5,7H,1-2,4,6,11H2/p+1. The van der Waals surface area contributed by atoms with Gasteiger partial charge in [-0.1, -0.05) is 12.1 Å². The number of hydrogen-bond acceptors (Lipinski definition) is 0. The van der Waals surface area contributed by atoms with E-state index in [4.69, 9.17) is 0 Å². The van der Waals surface area contributed by atoms with Crippen LogP contribution in [-0.2, 0) is 12.8 Å².